The van der Waals surface area contributed by atoms with Crippen molar-refractivity contribution in [2.75, 3.05) is 13.6 Å². The first-order chi connectivity index (χ1) is 8.99. The predicted molar refractivity (Wildman–Crippen MR) is 72.6 cm³/mol. The summed E-state index contributed by atoms with van der Waals surface area (Å²) in [6.07, 6.45) is -0.667. The van der Waals surface area contributed by atoms with Gasteiger partial charge in [0.05, 0.1) is 0 Å². The van der Waals surface area contributed by atoms with E-state index in [-0.39, 0.29) is 17.8 Å². The third kappa shape index (κ3) is 4.21. The molecule has 0 saturated heterocycles. The lowest BCUT2D eigenvalue weighted by Gasteiger charge is -2.20. The van der Waals surface area contributed by atoms with Crippen LogP contribution in [0.1, 0.15) is 32.4 Å². The molecule has 5 heteroatoms. The summed E-state index contributed by atoms with van der Waals surface area (Å²) < 4.78 is 18.9. The van der Waals surface area contributed by atoms with E-state index in [1.165, 1.54) is 19.2 Å². The van der Waals surface area contributed by atoms with Gasteiger partial charge in [-0.25, -0.2) is 4.39 Å². The minimum absolute atomic E-state index is 0.0255. The molecule has 1 aromatic rings. The van der Waals surface area contributed by atoms with Gasteiger partial charge in [-0.1, -0.05) is 13.0 Å². The first-order valence-electron chi connectivity index (χ1n) is 6.40. The minimum atomic E-state index is -0.667. The fourth-order valence-electron chi connectivity index (χ4n) is 1.83. The van der Waals surface area contributed by atoms with Crippen LogP contribution in [0.2, 0.25) is 0 Å². The van der Waals surface area contributed by atoms with Gasteiger partial charge in [0.15, 0.2) is 6.10 Å². The Morgan fingerprint density at radius 1 is 1.42 bits per heavy atom. The summed E-state index contributed by atoms with van der Waals surface area (Å²) in [4.78, 5) is 11.5. The van der Waals surface area contributed by atoms with Crippen LogP contribution in [0.15, 0.2) is 18.2 Å². The number of ether oxygens (including phenoxy) is 1. The summed E-state index contributed by atoms with van der Waals surface area (Å²) in [6.45, 7) is 6.39. The number of halogens is 1. The molecule has 0 saturated carbocycles. The zero-order chi connectivity index (χ0) is 14.4. The molecule has 0 fully saturated rings. The van der Waals surface area contributed by atoms with E-state index in [9.17, 15) is 9.18 Å². The number of nitrogens with one attached hydrogen (secondary N) is 2. The Kier molecular flexibility index (Phi) is 5.76. The molecule has 0 aliphatic carbocycles. The van der Waals surface area contributed by atoms with E-state index in [1.807, 2.05) is 13.8 Å². The molecule has 0 aromatic heterocycles. The molecule has 2 N–H and O–H groups in total. The number of carbonyl (C=O) groups excluding carboxylic acids is 1. The molecule has 19 heavy (non-hydrogen) atoms. The van der Waals surface area contributed by atoms with Crippen molar-refractivity contribution in [1.82, 2.24) is 10.6 Å². The Morgan fingerprint density at radius 3 is 2.68 bits per heavy atom. The fraction of sp³-hybridized carbons (Fsp3) is 0.500. The highest BCUT2D eigenvalue weighted by atomic mass is 19.1. The maximum atomic E-state index is 13.3. The maximum Gasteiger partial charge on any atom is 0.260 e. The molecule has 0 radical (unpaired) electrons. The van der Waals surface area contributed by atoms with Gasteiger partial charge < -0.3 is 15.4 Å². The van der Waals surface area contributed by atoms with Crippen molar-refractivity contribution in [2.24, 2.45) is 0 Å². The highest BCUT2D eigenvalue weighted by Crippen LogP contribution is 2.27. The zero-order valence-corrected chi connectivity index (χ0v) is 11.8. The molecule has 2 unspecified atom stereocenters. The molecule has 4 nitrogen and oxygen atoms in total. The van der Waals surface area contributed by atoms with Crippen LogP contribution >= 0.6 is 0 Å². The van der Waals surface area contributed by atoms with E-state index in [4.69, 9.17) is 4.74 Å². The van der Waals surface area contributed by atoms with Gasteiger partial charge in [-0.05, 0) is 26.5 Å². The number of likely N-dealkylation sites (N-methyl/N-ethyl adjacent to an activating group) is 1. The molecule has 1 aromatic carbocycles. The molecule has 0 aliphatic heterocycles. The van der Waals surface area contributed by atoms with Gasteiger partial charge in [0.25, 0.3) is 5.91 Å². The van der Waals surface area contributed by atoms with Crippen LogP contribution in [0.5, 0.6) is 5.75 Å². The van der Waals surface area contributed by atoms with Crippen LogP contribution in [0.4, 0.5) is 4.39 Å². The first-order valence-corrected chi connectivity index (χ1v) is 6.40. The van der Waals surface area contributed by atoms with E-state index in [0.717, 1.165) is 12.1 Å². The van der Waals surface area contributed by atoms with Gasteiger partial charge in [-0.15, -0.1) is 0 Å². The van der Waals surface area contributed by atoms with Crippen LogP contribution in [0.25, 0.3) is 0 Å². The van der Waals surface area contributed by atoms with Crippen LogP contribution in [0.3, 0.4) is 0 Å². The smallest absolute Gasteiger partial charge is 0.260 e. The van der Waals surface area contributed by atoms with Gasteiger partial charge in [-0.2, -0.15) is 0 Å². The lowest BCUT2D eigenvalue weighted by Crippen LogP contribution is -2.34. The van der Waals surface area contributed by atoms with Crippen LogP contribution in [-0.4, -0.2) is 25.6 Å². The molecule has 1 rings (SSSR count). The summed E-state index contributed by atoms with van der Waals surface area (Å²) in [7, 11) is 1.54. The van der Waals surface area contributed by atoms with E-state index in [1.54, 1.807) is 13.0 Å². The largest absolute Gasteiger partial charge is 0.480 e. The molecule has 2 atom stereocenters. The maximum absolute atomic E-state index is 13.3. The molecular formula is C14H21FN2O2. The summed E-state index contributed by atoms with van der Waals surface area (Å²) in [6, 6.07) is 4.40. The first kappa shape index (κ1) is 15.4. The van der Waals surface area contributed by atoms with Gasteiger partial charge >= 0.3 is 0 Å². The molecular weight excluding hydrogens is 247 g/mol. The van der Waals surface area contributed by atoms with E-state index < -0.39 is 6.10 Å². The third-order valence-corrected chi connectivity index (χ3v) is 2.87. The highest BCUT2D eigenvalue weighted by molar-refractivity contribution is 5.80. The van der Waals surface area contributed by atoms with Crippen molar-refractivity contribution in [3.05, 3.63) is 29.6 Å². The van der Waals surface area contributed by atoms with Crippen LogP contribution in [-0.2, 0) is 4.79 Å². The monoisotopic (exact) mass is 268 g/mol. The average Bonchev–Trinajstić information content (AvgIpc) is 2.38. The second kappa shape index (κ2) is 7.09. The van der Waals surface area contributed by atoms with E-state index >= 15 is 0 Å². The summed E-state index contributed by atoms with van der Waals surface area (Å²) in [5.74, 6) is -0.234. The van der Waals surface area contributed by atoms with Crippen LogP contribution < -0.4 is 15.4 Å². The van der Waals surface area contributed by atoms with Crippen molar-refractivity contribution < 1.29 is 13.9 Å². The average molecular weight is 268 g/mol. The van der Waals surface area contributed by atoms with E-state index in [0.29, 0.717) is 5.75 Å². The third-order valence-electron chi connectivity index (χ3n) is 2.87. The number of hydrogen-bond donors (Lipinski definition) is 2. The highest BCUT2D eigenvalue weighted by Gasteiger charge is 2.17. The van der Waals surface area contributed by atoms with E-state index in [2.05, 4.69) is 10.6 Å². The number of hydrogen-bond acceptors (Lipinski definition) is 3. The lowest BCUT2D eigenvalue weighted by atomic mass is 10.1. The summed E-state index contributed by atoms with van der Waals surface area (Å²) in [5, 5.41) is 5.74. The summed E-state index contributed by atoms with van der Waals surface area (Å²) >= 11 is 0. The molecule has 106 valence electrons. The molecule has 0 spiro atoms. The second-order valence-corrected chi connectivity index (χ2v) is 4.34. The quantitative estimate of drug-likeness (QED) is 0.829. The Hall–Kier alpha value is -1.62. The molecule has 0 heterocycles. The molecule has 0 bridgehead atoms. The number of carbonyl (C=O) groups is 1. The molecule has 1 amide bonds. The predicted octanol–water partition coefficient (Wildman–Crippen LogP) is 2.01. The van der Waals surface area contributed by atoms with Crippen LogP contribution in [0, 0.1) is 5.82 Å². The SMILES string of the molecule is CCNC(C)c1ccc(F)cc1OC(C)C(=O)NC. The van der Waals surface area contributed by atoms with Gasteiger partial charge in [0.1, 0.15) is 11.6 Å². The van der Waals surface area contributed by atoms with Crippen molar-refractivity contribution in [2.45, 2.75) is 32.9 Å². The Balaban J connectivity index is 2.97. The van der Waals surface area contributed by atoms with Gasteiger partial charge in [0.2, 0.25) is 0 Å². The van der Waals surface area contributed by atoms with Crippen molar-refractivity contribution >= 4 is 5.91 Å². The minimum Gasteiger partial charge on any atom is -0.480 e. The molecule has 0 aliphatic rings. The lowest BCUT2D eigenvalue weighted by molar-refractivity contribution is -0.126. The zero-order valence-electron chi connectivity index (χ0n) is 11.8. The number of rotatable bonds is 6. The second-order valence-electron chi connectivity index (χ2n) is 4.34. The topological polar surface area (TPSA) is 50.4 Å². The Bertz CT molecular complexity index is 437. The Morgan fingerprint density at radius 2 is 2.11 bits per heavy atom. The van der Waals surface area contributed by atoms with Gasteiger partial charge in [0, 0.05) is 24.7 Å². The fourth-order valence-corrected chi connectivity index (χ4v) is 1.83. The number of benzene rings is 1. The standard InChI is InChI=1S/C14H21FN2O2/c1-5-17-9(2)12-7-6-11(15)8-13(12)19-10(3)14(18)16-4/h6-10,17H,5H2,1-4H3,(H,16,18). The summed E-state index contributed by atoms with van der Waals surface area (Å²) in [5.41, 5.74) is 0.832. The number of amides is 1. The normalized spacial score (nSPS) is 13.7. The van der Waals surface area contributed by atoms with Gasteiger partial charge in [-0.3, -0.25) is 4.79 Å². The van der Waals surface area contributed by atoms with Crippen molar-refractivity contribution in [3.63, 3.8) is 0 Å². The Labute approximate surface area is 113 Å². The van der Waals surface area contributed by atoms with Crippen molar-refractivity contribution in [1.29, 1.82) is 0 Å². The van der Waals surface area contributed by atoms with Crippen molar-refractivity contribution in [3.8, 4) is 5.75 Å².